The van der Waals surface area contributed by atoms with Crippen molar-refractivity contribution in [2.45, 2.75) is 5.92 Å². The third kappa shape index (κ3) is 6.67. The summed E-state index contributed by atoms with van der Waals surface area (Å²) >= 11 is 0. The summed E-state index contributed by atoms with van der Waals surface area (Å²) in [5.74, 6) is -0.0288. The minimum atomic E-state index is -0.647. The molecule has 2 aliphatic heterocycles. The van der Waals surface area contributed by atoms with Crippen LogP contribution in [0.4, 0.5) is 17.2 Å². The van der Waals surface area contributed by atoms with E-state index < -0.39 is 5.92 Å². The number of nitrogens with one attached hydrogen (secondary N) is 1. The first-order valence-electron chi connectivity index (χ1n) is 12.7. The number of H-pyrrole nitrogens is 1. The van der Waals surface area contributed by atoms with Gasteiger partial charge < -0.3 is 30.1 Å². The number of aromatic nitrogens is 2. The van der Waals surface area contributed by atoms with Crippen LogP contribution in [0, 0.1) is 11.3 Å². The number of benzene rings is 2. The van der Waals surface area contributed by atoms with Gasteiger partial charge in [0.1, 0.15) is 18.0 Å². The molecule has 2 aromatic carbocycles. The molecule has 3 heterocycles. The summed E-state index contributed by atoms with van der Waals surface area (Å²) < 4.78 is 0. The van der Waals surface area contributed by atoms with E-state index >= 15 is 0 Å². The molecule has 2 aliphatic rings. The summed E-state index contributed by atoms with van der Waals surface area (Å²) in [6, 6.07) is 18.2. The SMILES string of the molecule is CN1CCN(c2ccc(-c3cn[nH]c3N)cc2)CC1.CN1CCN(c2ccc(C(C#N)C=O)cc2)CC1. The van der Waals surface area contributed by atoms with Gasteiger partial charge in [0.15, 0.2) is 0 Å². The maximum Gasteiger partial charge on any atom is 0.141 e. The second-order valence-electron chi connectivity index (χ2n) is 9.66. The van der Waals surface area contributed by atoms with Crippen molar-refractivity contribution in [2.24, 2.45) is 0 Å². The Morgan fingerprint density at radius 2 is 1.35 bits per heavy atom. The second kappa shape index (κ2) is 12.4. The molecule has 0 radical (unpaired) electrons. The Morgan fingerprint density at radius 3 is 1.76 bits per heavy atom. The number of carbonyl (C=O) groups is 1. The van der Waals surface area contributed by atoms with Crippen molar-refractivity contribution < 1.29 is 4.79 Å². The van der Waals surface area contributed by atoms with E-state index in [1.807, 2.05) is 30.3 Å². The molecule has 2 fully saturated rings. The Balaban J connectivity index is 0.000000173. The predicted molar refractivity (Wildman–Crippen MR) is 149 cm³/mol. The van der Waals surface area contributed by atoms with Crippen molar-refractivity contribution in [3.05, 3.63) is 60.3 Å². The molecule has 0 saturated carbocycles. The molecule has 3 aromatic rings. The van der Waals surface area contributed by atoms with E-state index in [1.54, 1.807) is 6.20 Å². The maximum atomic E-state index is 10.7. The molecule has 5 rings (SSSR count). The van der Waals surface area contributed by atoms with Gasteiger partial charge in [-0.2, -0.15) is 10.4 Å². The number of aromatic amines is 1. The lowest BCUT2D eigenvalue weighted by atomic mass is 10.0. The maximum absolute atomic E-state index is 10.7. The summed E-state index contributed by atoms with van der Waals surface area (Å²) in [5, 5.41) is 15.5. The topological polar surface area (TPSA) is 109 Å². The van der Waals surface area contributed by atoms with Crippen LogP contribution in [0.1, 0.15) is 11.5 Å². The normalized spacial score (nSPS) is 17.4. The van der Waals surface area contributed by atoms with Crippen LogP contribution >= 0.6 is 0 Å². The van der Waals surface area contributed by atoms with Crippen molar-refractivity contribution in [1.82, 2.24) is 20.0 Å². The molecule has 1 unspecified atom stereocenters. The van der Waals surface area contributed by atoms with E-state index in [-0.39, 0.29) is 0 Å². The number of nitrogens with two attached hydrogens (primary N) is 1. The van der Waals surface area contributed by atoms with Crippen molar-refractivity contribution in [2.75, 3.05) is 82.0 Å². The molecule has 194 valence electrons. The Labute approximate surface area is 219 Å². The molecule has 2 saturated heterocycles. The van der Waals surface area contributed by atoms with Gasteiger partial charge in [-0.1, -0.05) is 24.3 Å². The highest BCUT2D eigenvalue weighted by Crippen LogP contribution is 2.26. The van der Waals surface area contributed by atoms with Gasteiger partial charge in [0, 0.05) is 69.3 Å². The zero-order chi connectivity index (χ0) is 26.2. The largest absolute Gasteiger partial charge is 0.384 e. The van der Waals surface area contributed by atoms with Crippen LogP contribution in [-0.4, -0.2) is 92.7 Å². The molecule has 3 N–H and O–H groups in total. The number of nitrogens with zero attached hydrogens (tertiary/aromatic N) is 6. The molecule has 0 aliphatic carbocycles. The summed E-state index contributed by atoms with van der Waals surface area (Å²) in [4.78, 5) is 20.1. The molecular formula is C28H36N8O. The Morgan fingerprint density at radius 1 is 0.865 bits per heavy atom. The monoisotopic (exact) mass is 500 g/mol. The molecule has 0 amide bonds. The lowest BCUT2D eigenvalue weighted by Gasteiger charge is -2.34. The van der Waals surface area contributed by atoms with E-state index in [9.17, 15) is 4.79 Å². The van der Waals surface area contributed by atoms with E-state index in [0.29, 0.717) is 12.1 Å². The highest BCUT2D eigenvalue weighted by molar-refractivity contribution is 5.74. The van der Waals surface area contributed by atoms with E-state index in [1.165, 1.54) is 5.69 Å². The van der Waals surface area contributed by atoms with Crippen molar-refractivity contribution in [1.29, 1.82) is 5.26 Å². The Bertz CT molecular complexity index is 1170. The highest BCUT2D eigenvalue weighted by Gasteiger charge is 2.16. The fourth-order valence-corrected chi connectivity index (χ4v) is 4.58. The quantitative estimate of drug-likeness (QED) is 0.515. The number of likely N-dealkylation sites (N-methyl/N-ethyl adjacent to an activating group) is 2. The standard InChI is InChI=1S/C14H19N5.C14H17N3O/c1-18-6-8-19(9-7-18)12-4-2-11(3-5-12)13-10-16-17-14(13)15;1-16-6-8-17(9-7-16)14-4-2-12(3-5-14)13(10-15)11-18/h2-5,10H,6-9H2,1H3,(H3,15,16,17);2-5,11,13H,6-9H2,1H3. The molecule has 37 heavy (non-hydrogen) atoms. The molecule has 9 heteroatoms. The van der Waals surface area contributed by atoms with Gasteiger partial charge in [0.2, 0.25) is 0 Å². The fraction of sp³-hybridized carbons (Fsp3) is 0.393. The highest BCUT2D eigenvalue weighted by atomic mass is 16.1. The van der Waals surface area contributed by atoms with Gasteiger partial charge in [-0.3, -0.25) is 5.10 Å². The van der Waals surface area contributed by atoms with Crippen LogP contribution in [0.15, 0.2) is 54.7 Å². The van der Waals surface area contributed by atoms with Gasteiger partial charge in [0.05, 0.1) is 12.3 Å². The average Bonchev–Trinajstić information content (AvgIpc) is 3.37. The first kappa shape index (κ1) is 26.2. The van der Waals surface area contributed by atoms with E-state index in [0.717, 1.165) is 74.7 Å². The third-order valence-electron chi connectivity index (χ3n) is 7.11. The molecule has 0 spiro atoms. The average molecular weight is 501 g/mol. The van der Waals surface area contributed by atoms with Gasteiger partial charge in [-0.25, -0.2) is 0 Å². The van der Waals surface area contributed by atoms with Crippen LogP contribution in [0.25, 0.3) is 11.1 Å². The van der Waals surface area contributed by atoms with Crippen molar-refractivity contribution >= 4 is 23.5 Å². The molecule has 1 aromatic heterocycles. The molecule has 9 nitrogen and oxygen atoms in total. The number of aldehydes is 1. The number of hydrogen-bond acceptors (Lipinski definition) is 8. The minimum Gasteiger partial charge on any atom is -0.384 e. The Hall–Kier alpha value is -3.87. The minimum absolute atomic E-state index is 0.618. The first-order valence-corrected chi connectivity index (χ1v) is 12.7. The summed E-state index contributed by atoms with van der Waals surface area (Å²) in [7, 11) is 4.30. The predicted octanol–water partition coefficient (Wildman–Crippen LogP) is 2.66. The van der Waals surface area contributed by atoms with Crippen LogP contribution in [0.5, 0.6) is 0 Å². The number of rotatable bonds is 5. The zero-order valence-corrected chi connectivity index (χ0v) is 21.7. The molecule has 1 atom stereocenters. The summed E-state index contributed by atoms with van der Waals surface area (Å²) in [6.07, 6.45) is 2.45. The number of hydrogen-bond donors (Lipinski definition) is 2. The van der Waals surface area contributed by atoms with Gasteiger partial charge in [0.25, 0.3) is 0 Å². The van der Waals surface area contributed by atoms with Crippen LogP contribution < -0.4 is 15.5 Å². The van der Waals surface area contributed by atoms with Crippen LogP contribution in [0.3, 0.4) is 0 Å². The van der Waals surface area contributed by atoms with Gasteiger partial charge >= 0.3 is 0 Å². The number of nitrogen functional groups attached to an aromatic ring is 1. The number of carbonyl (C=O) groups excluding carboxylic acids is 1. The van der Waals surface area contributed by atoms with E-state index in [2.05, 4.69) is 68.2 Å². The third-order valence-corrected chi connectivity index (χ3v) is 7.11. The zero-order valence-electron chi connectivity index (χ0n) is 21.7. The first-order chi connectivity index (χ1) is 18.0. The van der Waals surface area contributed by atoms with Crippen molar-refractivity contribution in [3.63, 3.8) is 0 Å². The number of piperazine rings is 2. The van der Waals surface area contributed by atoms with Crippen LogP contribution in [-0.2, 0) is 4.79 Å². The lowest BCUT2D eigenvalue weighted by molar-refractivity contribution is -0.108. The second-order valence-corrected chi connectivity index (χ2v) is 9.66. The van der Waals surface area contributed by atoms with Crippen molar-refractivity contribution in [3.8, 4) is 17.2 Å². The van der Waals surface area contributed by atoms with Gasteiger partial charge in [-0.05, 0) is 49.5 Å². The number of anilines is 3. The Kier molecular flexibility index (Phi) is 8.77. The smallest absolute Gasteiger partial charge is 0.141 e. The number of nitriles is 1. The fourth-order valence-electron chi connectivity index (χ4n) is 4.58. The van der Waals surface area contributed by atoms with Gasteiger partial charge in [-0.15, -0.1) is 0 Å². The lowest BCUT2D eigenvalue weighted by Crippen LogP contribution is -2.44. The molecular weight excluding hydrogens is 464 g/mol. The van der Waals surface area contributed by atoms with E-state index in [4.69, 9.17) is 11.0 Å². The summed E-state index contributed by atoms with van der Waals surface area (Å²) in [5.41, 5.74) is 11.1. The van der Waals surface area contributed by atoms with Crippen LogP contribution in [0.2, 0.25) is 0 Å². The summed E-state index contributed by atoms with van der Waals surface area (Å²) in [6.45, 7) is 8.59. The molecule has 0 bridgehead atoms.